The van der Waals surface area contributed by atoms with E-state index in [-0.39, 0.29) is 11.5 Å². The fourth-order valence-electron chi connectivity index (χ4n) is 4.09. The van der Waals surface area contributed by atoms with E-state index in [4.69, 9.17) is 4.74 Å². The molecule has 2 saturated heterocycles. The highest BCUT2D eigenvalue weighted by atomic mass is 16.5. The third-order valence-corrected chi connectivity index (χ3v) is 5.59. The SMILES string of the molecule is CCn1cc(CN2CCOC3(CCN(C(=O)C=Cc4ccccc4)C3)C2)cn1. The van der Waals surface area contributed by atoms with Crippen molar-refractivity contribution in [3.8, 4) is 0 Å². The van der Waals surface area contributed by atoms with Gasteiger partial charge in [0.25, 0.3) is 0 Å². The van der Waals surface area contributed by atoms with E-state index in [2.05, 4.69) is 23.1 Å². The predicted molar refractivity (Wildman–Crippen MR) is 109 cm³/mol. The van der Waals surface area contributed by atoms with Crippen LogP contribution in [0.25, 0.3) is 6.08 Å². The molecule has 2 fully saturated rings. The Morgan fingerprint density at radius 2 is 2.11 bits per heavy atom. The summed E-state index contributed by atoms with van der Waals surface area (Å²) in [7, 11) is 0. The van der Waals surface area contributed by atoms with Crippen LogP contribution in [0.3, 0.4) is 0 Å². The van der Waals surface area contributed by atoms with Crippen LogP contribution in [-0.4, -0.2) is 63.9 Å². The number of morpholine rings is 1. The molecule has 0 N–H and O–H groups in total. The van der Waals surface area contributed by atoms with Gasteiger partial charge in [0.15, 0.2) is 0 Å². The van der Waals surface area contributed by atoms with Crippen LogP contribution in [0.15, 0.2) is 48.8 Å². The van der Waals surface area contributed by atoms with Crippen LogP contribution in [0.4, 0.5) is 0 Å². The normalized spacial score (nSPS) is 23.1. The number of carbonyl (C=O) groups excluding carboxylic acids is 1. The number of aryl methyl sites for hydroxylation is 1. The van der Waals surface area contributed by atoms with Crippen LogP contribution in [0, 0.1) is 0 Å². The molecule has 1 unspecified atom stereocenters. The van der Waals surface area contributed by atoms with E-state index in [1.165, 1.54) is 5.56 Å². The minimum atomic E-state index is -0.241. The Morgan fingerprint density at radius 3 is 2.89 bits per heavy atom. The fourth-order valence-corrected chi connectivity index (χ4v) is 4.09. The number of ether oxygens (including phenoxy) is 1. The second-order valence-electron chi connectivity index (χ2n) is 7.70. The monoisotopic (exact) mass is 380 g/mol. The molecule has 0 radical (unpaired) electrons. The maximum atomic E-state index is 12.6. The molecule has 4 rings (SSSR count). The molecule has 2 aliphatic rings. The van der Waals surface area contributed by atoms with Crippen molar-refractivity contribution < 1.29 is 9.53 Å². The predicted octanol–water partition coefficient (Wildman–Crippen LogP) is 2.42. The molecule has 1 spiro atoms. The van der Waals surface area contributed by atoms with Crippen molar-refractivity contribution in [2.45, 2.75) is 32.0 Å². The summed E-state index contributed by atoms with van der Waals surface area (Å²) in [5.41, 5.74) is 2.03. The largest absolute Gasteiger partial charge is 0.370 e. The lowest BCUT2D eigenvalue weighted by atomic mass is 10.0. The van der Waals surface area contributed by atoms with Gasteiger partial charge in [0.05, 0.1) is 19.3 Å². The summed E-state index contributed by atoms with van der Waals surface area (Å²) in [6.45, 7) is 7.76. The van der Waals surface area contributed by atoms with Crippen LogP contribution in [-0.2, 0) is 22.6 Å². The van der Waals surface area contributed by atoms with E-state index in [0.717, 1.165) is 44.7 Å². The van der Waals surface area contributed by atoms with Crippen molar-refractivity contribution in [1.82, 2.24) is 19.6 Å². The first kappa shape index (κ1) is 18.9. The van der Waals surface area contributed by atoms with Gasteiger partial charge in [0.1, 0.15) is 5.60 Å². The molecule has 0 aliphatic carbocycles. The standard InChI is InChI=1S/C22H28N4O2/c1-2-26-16-20(14-23-26)15-24-12-13-28-22(17-24)10-11-25(18-22)21(27)9-8-19-6-4-3-5-7-19/h3-9,14,16H,2,10-13,15,17-18H2,1H3. The summed E-state index contributed by atoms with van der Waals surface area (Å²) in [4.78, 5) is 17.0. The molecule has 0 bridgehead atoms. The van der Waals surface area contributed by atoms with Crippen molar-refractivity contribution in [2.75, 3.05) is 32.8 Å². The van der Waals surface area contributed by atoms with Gasteiger partial charge in [-0.3, -0.25) is 14.4 Å². The van der Waals surface area contributed by atoms with Gasteiger partial charge in [-0.25, -0.2) is 0 Å². The summed E-state index contributed by atoms with van der Waals surface area (Å²) >= 11 is 0. The minimum Gasteiger partial charge on any atom is -0.370 e. The van der Waals surface area contributed by atoms with Crippen molar-refractivity contribution in [2.24, 2.45) is 0 Å². The number of hydrogen-bond acceptors (Lipinski definition) is 4. The van der Waals surface area contributed by atoms with E-state index in [9.17, 15) is 4.79 Å². The third kappa shape index (κ3) is 4.34. The zero-order valence-corrected chi connectivity index (χ0v) is 16.5. The van der Waals surface area contributed by atoms with Crippen molar-refractivity contribution in [1.29, 1.82) is 0 Å². The first-order valence-corrected chi connectivity index (χ1v) is 10.1. The topological polar surface area (TPSA) is 50.6 Å². The van der Waals surface area contributed by atoms with Crippen LogP contribution in [0.5, 0.6) is 0 Å². The number of rotatable bonds is 5. The number of carbonyl (C=O) groups is 1. The van der Waals surface area contributed by atoms with Gasteiger partial charge in [-0.15, -0.1) is 0 Å². The second kappa shape index (κ2) is 8.29. The maximum Gasteiger partial charge on any atom is 0.246 e. The molecule has 1 aromatic heterocycles. The second-order valence-corrected chi connectivity index (χ2v) is 7.70. The summed E-state index contributed by atoms with van der Waals surface area (Å²) in [5, 5.41) is 4.37. The summed E-state index contributed by atoms with van der Waals surface area (Å²) in [6.07, 6.45) is 8.51. The van der Waals surface area contributed by atoms with Crippen LogP contribution in [0.2, 0.25) is 0 Å². The van der Waals surface area contributed by atoms with E-state index in [1.807, 2.05) is 52.2 Å². The zero-order valence-electron chi connectivity index (χ0n) is 16.5. The lowest BCUT2D eigenvalue weighted by molar-refractivity contribution is -0.130. The van der Waals surface area contributed by atoms with Crippen molar-refractivity contribution in [3.63, 3.8) is 0 Å². The quantitative estimate of drug-likeness (QED) is 0.748. The van der Waals surface area contributed by atoms with E-state index < -0.39 is 0 Å². The molecule has 1 amide bonds. The molecular weight excluding hydrogens is 352 g/mol. The zero-order chi connectivity index (χ0) is 19.4. The number of likely N-dealkylation sites (tertiary alicyclic amines) is 1. The highest BCUT2D eigenvalue weighted by molar-refractivity contribution is 5.92. The Hall–Kier alpha value is -2.44. The average Bonchev–Trinajstić information content (AvgIpc) is 3.34. The Morgan fingerprint density at radius 1 is 1.25 bits per heavy atom. The first-order valence-electron chi connectivity index (χ1n) is 10.1. The minimum absolute atomic E-state index is 0.0608. The van der Waals surface area contributed by atoms with Gasteiger partial charge in [0, 0.05) is 50.6 Å². The molecule has 3 heterocycles. The molecule has 2 aromatic rings. The lowest BCUT2D eigenvalue weighted by Crippen LogP contribution is -2.53. The highest BCUT2D eigenvalue weighted by Crippen LogP contribution is 2.30. The highest BCUT2D eigenvalue weighted by Gasteiger charge is 2.43. The maximum absolute atomic E-state index is 12.6. The van der Waals surface area contributed by atoms with Crippen LogP contribution >= 0.6 is 0 Å². The molecule has 6 nitrogen and oxygen atoms in total. The van der Waals surface area contributed by atoms with Gasteiger partial charge in [-0.2, -0.15) is 5.10 Å². The Kier molecular flexibility index (Phi) is 5.59. The molecule has 148 valence electrons. The first-order chi connectivity index (χ1) is 13.7. The Bertz CT molecular complexity index is 832. The molecule has 1 atom stereocenters. The number of benzene rings is 1. The van der Waals surface area contributed by atoms with Gasteiger partial charge >= 0.3 is 0 Å². The average molecular weight is 380 g/mol. The number of hydrogen-bond donors (Lipinski definition) is 0. The summed E-state index contributed by atoms with van der Waals surface area (Å²) in [6, 6.07) is 9.92. The van der Waals surface area contributed by atoms with Crippen molar-refractivity contribution >= 4 is 12.0 Å². The molecule has 0 saturated carbocycles. The number of aromatic nitrogens is 2. The number of nitrogens with zero attached hydrogens (tertiary/aromatic N) is 4. The van der Waals surface area contributed by atoms with E-state index >= 15 is 0 Å². The van der Waals surface area contributed by atoms with Crippen LogP contribution < -0.4 is 0 Å². The number of amides is 1. The fraction of sp³-hybridized carbons (Fsp3) is 0.455. The molecule has 1 aromatic carbocycles. The van der Waals surface area contributed by atoms with Gasteiger partial charge < -0.3 is 9.64 Å². The molecule has 6 heteroatoms. The summed E-state index contributed by atoms with van der Waals surface area (Å²) in [5.74, 6) is 0.0608. The van der Waals surface area contributed by atoms with E-state index in [0.29, 0.717) is 13.2 Å². The van der Waals surface area contributed by atoms with Gasteiger partial charge in [0.2, 0.25) is 5.91 Å². The van der Waals surface area contributed by atoms with E-state index in [1.54, 1.807) is 6.08 Å². The van der Waals surface area contributed by atoms with Gasteiger partial charge in [-0.05, 0) is 25.0 Å². The Balaban J connectivity index is 1.35. The smallest absolute Gasteiger partial charge is 0.246 e. The lowest BCUT2D eigenvalue weighted by Gasteiger charge is -2.40. The van der Waals surface area contributed by atoms with Crippen molar-refractivity contribution in [3.05, 3.63) is 59.9 Å². The van der Waals surface area contributed by atoms with Gasteiger partial charge in [-0.1, -0.05) is 30.3 Å². The summed E-state index contributed by atoms with van der Waals surface area (Å²) < 4.78 is 8.14. The molecule has 28 heavy (non-hydrogen) atoms. The molecule has 2 aliphatic heterocycles. The van der Waals surface area contributed by atoms with Crippen LogP contribution in [0.1, 0.15) is 24.5 Å². The molecular formula is C22H28N4O2. The Labute approximate surface area is 166 Å². The third-order valence-electron chi connectivity index (χ3n) is 5.59.